The van der Waals surface area contributed by atoms with Gasteiger partial charge in [-0.3, -0.25) is 0 Å². The molecule has 0 amide bonds. The molecule has 0 spiro atoms. The van der Waals surface area contributed by atoms with E-state index < -0.39 is 0 Å². The fourth-order valence-electron chi connectivity index (χ4n) is 1.70. The third-order valence-electron chi connectivity index (χ3n) is 2.52. The van der Waals surface area contributed by atoms with Gasteiger partial charge < -0.3 is 20.6 Å². The minimum Gasteiger partial charge on any atom is -0.368 e. The van der Waals surface area contributed by atoms with E-state index in [9.17, 15) is 0 Å². The summed E-state index contributed by atoms with van der Waals surface area (Å²) < 4.78 is 1.97. The summed E-state index contributed by atoms with van der Waals surface area (Å²) in [5, 5.41) is 3.20. The van der Waals surface area contributed by atoms with Crippen molar-refractivity contribution in [3.05, 3.63) is 25.0 Å². The largest absolute Gasteiger partial charge is 0.368 e. The number of anilines is 2. The normalized spacial score (nSPS) is 10.9. The van der Waals surface area contributed by atoms with Crippen LogP contribution >= 0.6 is 0 Å². The molecule has 0 radical (unpaired) electrons. The average molecular weight is 244 g/mol. The van der Waals surface area contributed by atoms with Crippen LogP contribution in [0.4, 0.5) is 11.8 Å². The van der Waals surface area contributed by atoms with E-state index in [1.165, 1.54) is 0 Å². The second-order valence-corrected chi connectivity index (χ2v) is 3.76. The minimum atomic E-state index is 0.208. The Morgan fingerprint density at radius 3 is 3.17 bits per heavy atom. The Hall–Kier alpha value is -2.64. The molecule has 3 rings (SSSR count). The SMILES string of the molecule is Nc1nc(NCCn2ccnc2)c2[nH]cnc2n1. The Balaban J connectivity index is 1.75. The number of fused-ring (bicyclic) bond motifs is 1. The van der Waals surface area contributed by atoms with Gasteiger partial charge in [-0.2, -0.15) is 9.97 Å². The van der Waals surface area contributed by atoms with E-state index in [0.717, 1.165) is 12.1 Å². The van der Waals surface area contributed by atoms with Crippen molar-refractivity contribution in [1.29, 1.82) is 0 Å². The van der Waals surface area contributed by atoms with Crippen LogP contribution in [0.5, 0.6) is 0 Å². The predicted octanol–water partition coefficient (Wildman–Crippen LogP) is 0.244. The fourth-order valence-corrected chi connectivity index (χ4v) is 1.70. The van der Waals surface area contributed by atoms with Crippen LogP contribution in [0.3, 0.4) is 0 Å². The van der Waals surface area contributed by atoms with E-state index in [-0.39, 0.29) is 5.95 Å². The molecule has 0 aromatic carbocycles. The highest BCUT2D eigenvalue weighted by atomic mass is 15.1. The van der Waals surface area contributed by atoms with Gasteiger partial charge in [-0.05, 0) is 0 Å². The van der Waals surface area contributed by atoms with Crippen molar-refractivity contribution in [3.63, 3.8) is 0 Å². The smallest absolute Gasteiger partial charge is 0.224 e. The van der Waals surface area contributed by atoms with Gasteiger partial charge in [0.1, 0.15) is 5.52 Å². The number of hydrogen-bond donors (Lipinski definition) is 3. The number of aromatic nitrogens is 6. The lowest BCUT2D eigenvalue weighted by atomic mass is 10.4. The number of hydrogen-bond acceptors (Lipinski definition) is 6. The fraction of sp³-hybridized carbons (Fsp3) is 0.200. The van der Waals surface area contributed by atoms with Crippen molar-refractivity contribution >= 4 is 22.9 Å². The summed E-state index contributed by atoms with van der Waals surface area (Å²) in [5.74, 6) is 0.870. The third kappa shape index (κ3) is 1.95. The van der Waals surface area contributed by atoms with E-state index >= 15 is 0 Å². The number of nitrogens with zero attached hydrogens (tertiary/aromatic N) is 5. The van der Waals surface area contributed by atoms with Gasteiger partial charge >= 0.3 is 0 Å². The number of rotatable bonds is 4. The molecule has 8 nitrogen and oxygen atoms in total. The molecule has 0 saturated heterocycles. The van der Waals surface area contributed by atoms with Crippen LogP contribution in [0.25, 0.3) is 11.2 Å². The van der Waals surface area contributed by atoms with Gasteiger partial charge in [0.05, 0.1) is 12.7 Å². The highest BCUT2D eigenvalue weighted by Gasteiger charge is 2.07. The first kappa shape index (κ1) is 10.5. The molecule has 0 fully saturated rings. The van der Waals surface area contributed by atoms with Crippen molar-refractivity contribution in [3.8, 4) is 0 Å². The monoisotopic (exact) mass is 244 g/mol. The van der Waals surface area contributed by atoms with Crippen LogP contribution in [0.1, 0.15) is 0 Å². The Morgan fingerprint density at radius 1 is 1.39 bits per heavy atom. The zero-order chi connectivity index (χ0) is 12.4. The molecular weight excluding hydrogens is 232 g/mol. The van der Waals surface area contributed by atoms with Crippen molar-refractivity contribution in [2.24, 2.45) is 0 Å². The van der Waals surface area contributed by atoms with Crippen LogP contribution < -0.4 is 11.1 Å². The van der Waals surface area contributed by atoms with Crippen LogP contribution in [0.15, 0.2) is 25.0 Å². The number of imidazole rings is 2. The van der Waals surface area contributed by atoms with E-state index in [2.05, 4.69) is 30.2 Å². The average Bonchev–Trinajstić information content (AvgIpc) is 2.98. The number of aromatic amines is 1. The number of nitrogen functional groups attached to an aromatic ring is 1. The molecular formula is C10H12N8. The van der Waals surface area contributed by atoms with Gasteiger partial charge in [-0.1, -0.05) is 0 Å². The zero-order valence-electron chi connectivity index (χ0n) is 9.54. The van der Waals surface area contributed by atoms with Gasteiger partial charge in [0.25, 0.3) is 0 Å². The summed E-state index contributed by atoms with van der Waals surface area (Å²) in [6.07, 6.45) is 6.99. The Labute approximate surface area is 102 Å². The maximum absolute atomic E-state index is 5.62. The molecule has 0 aliphatic rings. The lowest BCUT2D eigenvalue weighted by molar-refractivity contribution is 0.725. The molecule has 0 aliphatic carbocycles. The van der Waals surface area contributed by atoms with Crippen LogP contribution in [0, 0.1) is 0 Å². The molecule has 3 heterocycles. The summed E-state index contributed by atoms with van der Waals surface area (Å²) >= 11 is 0. The Kier molecular flexibility index (Phi) is 2.52. The maximum atomic E-state index is 5.62. The van der Waals surface area contributed by atoms with Gasteiger partial charge in [0.15, 0.2) is 11.5 Å². The summed E-state index contributed by atoms with van der Waals surface area (Å²) in [6, 6.07) is 0. The quantitative estimate of drug-likeness (QED) is 0.606. The standard InChI is InChI=1S/C10H12N8/c11-10-16-8(7-9(17-10)15-5-14-7)13-2-4-18-3-1-12-6-18/h1,3,5-6H,2,4H2,(H4,11,13,14,15,16,17). The molecule has 3 aromatic rings. The highest BCUT2D eigenvalue weighted by molar-refractivity contribution is 5.83. The summed E-state index contributed by atoms with van der Waals surface area (Å²) in [4.78, 5) is 19.2. The van der Waals surface area contributed by atoms with Gasteiger partial charge in [0.2, 0.25) is 5.95 Å². The molecule has 3 aromatic heterocycles. The Morgan fingerprint density at radius 2 is 2.33 bits per heavy atom. The van der Waals surface area contributed by atoms with Crippen molar-refractivity contribution in [1.82, 2.24) is 29.5 Å². The number of H-pyrrole nitrogens is 1. The molecule has 0 bridgehead atoms. The summed E-state index contributed by atoms with van der Waals surface area (Å²) in [5.41, 5.74) is 6.94. The molecule has 92 valence electrons. The van der Waals surface area contributed by atoms with Gasteiger partial charge in [-0.15, -0.1) is 0 Å². The molecule has 8 heteroatoms. The lowest BCUT2D eigenvalue weighted by Crippen LogP contribution is -2.11. The van der Waals surface area contributed by atoms with E-state index in [4.69, 9.17) is 5.73 Å². The first-order chi connectivity index (χ1) is 8.83. The molecule has 4 N–H and O–H groups in total. The molecule has 0 saturated carbocycles. The van der Waals surface area contributed by atoms with Crippen molar-refractivity contribution < 1.29 is 0 Å². The third-order valence-corrected chi connectivity index (χ3v) is 2.52. The van der Waals surface area contributed by atoms with Crippen LogP contribution in [-0.2, 0) is 6.54 Å². The van der Waals surface area contributed by atoms with E-state index in [1.54, 1.807) is 18.9 Å². The first-order valence-corrected chi connectivity index (χ1v) is 5.49. The molecule has 0 atom stereocenters. The second-order valence-electron chi connectivity index (χ2n) is 3.76. The predicted molar refractivity (Wildman–Crippen MR) is 66.8 cm³/mol. The molecule has 0 unspecified atom stereocenters. The van der Waals surface area contributed by atoms with Crippen LogP contribution in [0.2, 0.25) is 0 Å². The van der Waals surface area contributed by atoms with Gasteiger partial charge in [-0.25, -0.2) is 9.97 Å². The minimum absolute atomic E-state index is 0.208. The summed E-state index contributed by atoms with van der Waals surface area (Å²) in [6.45, 7) is 1.50. The van der Waals surface area contributed by atoms with Crippen molar-refractivity contribution in [2.45, 2.75) is 6.54 Å². The maximum Gasteiger partial charge on any atom is 0.224 e. The van der Waals surface area contributed by atoms with E-state index in [0.29, 0.717) is 18.0 Å². The van der Waals surface area contributed by atoms with Crippen LogP contribution in [-0.4, -0.2) is 36.0 Å². The number of nitrogens with two attached hydrogens (primary N) is 1. The second kappa shape index (κ2) is 4.32. The first-order valence-electron chi connectivity index (χ1n) is 5.49. The lowest BCUT2D eigenvalue weighted by Gasteiger charge is -2.07. The Bertz CT molecular complexity index is 641. The van der Waals surface area contributed by atoms with Crippen molar-refractivity contribution in [2.75, 3.05) is 17.6 Å². The van der Waals surface area contributed by atoms with Gasteiger partial charge in [0, 0.05) is 25.5 Å². The highest BCUT2D eigenvalue weighted by Crippen LogP contribution is 2.16. The zero-order valence-corrected chi connectivity index (χ0v) is 9.54. The number of nitrogens with one attached hydrogen (secondary N) is 2. The summed E-state index contributed by atoms with van der Waals surface area (Å²) in [7, 11) is 0. The molecule has 18 heavy (non-hydrogen) atoms. The molecule has 0 aliphatic heterocycles. The van der Waals surface area contributed by atoms with E-state index in [1.807, 2.05) is 10.8 Å². The topological polar surface area (TPSA) is 110 Å².